The van der Waals surface area contributed by atoms with Crippen molar-refractivity contribution < 1.29 is 126 Å². The molecule has 2 radical (unpaired) electrons. The molecule has 0 amide bonds. The van der Waals surface area contributed by atoms with Crippen LogP contribution >= 0.6 is 0 Å². The summed E-state index contributed by atoms with van der Waals surface area (Å²) in [5.41, 5.74) is 16.0. The molecule has 0 aliphatic heterocycles. The molecule has 0 unspecified atom stereocenters. The second kappa shape index (κ2) is 32.7. The van der Waals surface area contributed by atoms with Gasteiger partial charge in [-0.15, -0.1) is 58.8 Å². The molecule has 0 aliphatic rings. The summed E-state index contributed by atoms with van der Waals surface area (Å²) in [7, 11) is 0. The molecule has 0 aliphatic carbocycles. The van der Waals surface area contributed by atoms with Gasteiger partial charge in [-0.05, 0) is 82.8 Å². The Labute approximate surface area is 468 Å². The fourth-order valence-corrected chi connectivity index (χ4v) is 5.68. The standard InChI is InChI=1S/C14H15N.C14H14N.C14H13N.C11H20O2.CH2O3.2Ir.2Na.H/c3*1-10-5-4-6-13(8-10)14-9-11(2)7-12(3)15-14;1-10(2,3)8(12)7-9(13)11(4,5)6;2-1-4-3;;;;;/h4-9H,1-3H3;4-5,7-9H,1-3H3;4-5,7-8H,1-3H3;7,12H,1-6H3;1,3H;;;;;/q;-1;-2;;;;;2*+1;-1/p-1. The second-order valence-corrected chi connectivity index (χ2v) is 17.4. The Morgan fingerprint density at radius 3 is 1.52 bits per heavy atom. The van der Waals surface area contributed by atoms with Crippen molar-refractivity contribution in [3.05, 3.63) is 171 Å². The second-order valence-electron chi connectivity index (χ2n) is 17.4. The number of hydrogen-bond acceptors (Lipinski definition) is 8. The van der Waals surface area contributed by atoms with Gasteiger partial charge in [0.25, 0.3) is 6.47 Å². The quantitative estimate of drug-likeness (QED) is 0.0421. The first-order chi connectivity index (χ1) is 28.9. The van der Waals surface area contributed by atoms with E-state index in [-0.39, 0.29) is 124 Å². The van der Waals surface area contributed by atoms with Crippen molar-refractivity contribution in [3.63, 3.8) is 0 Å². The van der Waals surface area contributed by atoms with E-state index in [4.69, 9.17) is 10.1 Å². The van der Waals surface area contributed by atoms with E-state index in [0.29, 0.717) is 0 Å². The van der Waals surface area contributed by atoms with Gasteiger partial charge >= 0.3 is 59.1 Å². The zero-order chi connectivity index (χ0) is 46.8. The third-order valence-electron chi connectivity index (χ3n) is 8.80. The molecule has 0 bridgehead atoms. The van der Waals surface area contributed by atoms with Crippen LogP contribution in [0.5, 0.6) is 0 Å². The molecule has 0 saturated heterocycles. The Morgan fingerprint density at radius 1 is 0.621 bits per heavy atom. The van der Waals surface area contributed by atoms with Crippen molar-refractivity contribution in [3.8, 4) is 33.8 Å². The zero-order valence-corrected chi connectivity index (χ0v) is 50.7. The van der Waals surface area contributed by atoms with E-state index in [1.165, 1.54) is 39.5 Å². The third kappa shape index (κ3) is 26.0. The van der Waals surface area contributed by atoms with Crippen molar-refractivity contribution in [1.82, 2.24) is 15.0 Å². The molecule has 3 heterocycles. The maximum atomic E-state index is 11.5. The molecule has 0 saturated carbocycles. The SMILES string of the molecule is CC(C)(C)C(=O)C=C(O)C(C)(C)C.Cc1[c-]c(-c2[c-]ccc(C)c2)nc(C)c1.Cc1cc[c-]c(-c2cc(C)cc(C)n2)c1.Cc1cccc(-c2cc(C)cc(C)n2)c1.O=CO[O-].[H-].[Ir].[Ir].[Na+].[Na+]. The van der Waals surface area contributed by atoms with Crippen LogP contribution < -0.4 is 64.4 Å². The van der Waals surface area contributed by atoms with Crippen molar-refractivity contribution >= 4 is 12.3 Å². The van der Waals surface area contributed by atoms with Crippen LogP contribution in [0.3, 0.4) is 0 Å². The molecular formula is C54H64Ir2N3Na2O5-3. The first-order valence-corrected chi connectivity index (χ1v) is 20.4. The van der Waals surface area contributed by atoms with Gasteiger partial charge in [0, 0.05) is 74.1 Å². The number of nitrogens with zero attached hydrogens (tertiary/aromatic N) is 3. The smallest absolute Gasteiger partial charge is 1.00 e. The van der Waals surface area contributed by atoms with Crippen LogP contribution in [0.25, 0.3) is 33.8 Å². The molecule has 3 aromatic carbocycles. The first-order valence-electron chi connectivity index (χ1n) is 20.4. The number of aromatic nitrogens is 3. The van der Waals surface area contributed by atoms with Gasteiger partial charge in [0.1, 0.15) is 5.76 Å². The number of pyridine rings is 3. The average Bonchev–Trinajstić information content (AvgIpc) is 3.17. The molecule has 8 nitrogen and oxygen atoms in total. The van der Waals surface area contributed by atoms with E-state index in [9.17, 15) is 9.90 Å². The summed E-state index contributed by atoms with van der Waals surface area (Å²) in [6, 6.07) is 40.7. The van der Waals surface area contributed by atoms with Crippen molar-refractivity contribution in [1.29, 1.82) is 0 Å². The molecule has 348 valence electrons. The number of rotatable bonds is 5. The van der Waals surface area contributed by atoms with Gasteiger partial charge in [0.2, 0.25) is 0 Å². The molecule has 6 rings (SSSR count). The van der Waals surface area contributed by atoms with Gasteiger partial charge in [0.05, 0.1) is 5.69 Å². The molecule has 12 heteroatoms. The van der Waals surface area contributed by atoms with Crippen LogP contribution in [0.1, 0.15) is 93.4 Å². The normalized spacial score (nSPS) is 10.2. The number of allylic oxidation sites excluding steroid dienone is 2. The number of aliphatic hydroxyl groups excluding tert-OH is 1. The average molecular weight is 1270 g/mol. The Balaban J connectivity index is -0.000000376. The maximum absolute atomic E-state index is 11.5. The van der Waals surface area contributed by atoms with Crippen LogP contribution in [0.2, 0.25) is 0 Å². The number of aliphatic hydroxyl groups is 1. The van der Waals surface area contributed by atoms with Gasteiger partial charge < -0.3 is 26.6 Å². The molecule has 66 heavy (non-hydrogen) atoms. The fourth-order valence-electron chi connectivity index (χ4n) is 5.68. The third-order valence-corrected chi connectivity index (χ3v) is 8.80. The van der Waals surface area contributed by atoms with E-state index in [1.807, 2.05) is 99.6 Å². The Hall–Kier alpha value is -2.95. The predicted molar refractivity (Wildman–Crippen MR) is 251 cm³/mol. The van der Waals surface area contributed by atoms with Crippen LogP contribution in [0.4, 0.5) is 0 Å². The first kappa shape index (κ1) is 67.3. The van der Waals surface area contributed by atoms with Gasteiger partial charge in [-0.2, -0.15) is 17.7 Å². The molecule has 0 atom stereocenters. The number of carbonyl (C=O) groups is 2. The molecule has 0 spiro atoms. The maximum Gasteiger partial charge on any atom is 1.00 e. The summed E-state index contributed by atoms with van der Waals surface area (Å²) in [6.45, 7) is 29.5. The van der Waals surface area contributed by atoms with Crippen LogP contribution in [0, 0.1) is 91.3 Å². The van der Waals surface area contributed by atoms with Gasteiger partial charge in [-0.3, -0.25) is 14.6 Å². The topological polar surface area (TPSA) is 125 Å². The number of ketones is 1. The number of carbonyl (C=O) groups excluding carboxylic acids is 2. The zero-order valence-electron chi connectivity index (χ0n) is 42.9. The van der Waals surface area contributed by atoms with Crippen LogP contribution in [-0.4, -0.2) is 32.3 Å². The summed E-state index contributed by atoms with van der Waals surface area (Å²) < 4.78 is 0. The largest absolute Gasteiger partial charge is 1.00 e. The Morgan fingerprint density at radius 2 is 1.08 bits per heavy atom. The molecule has 1 N–H and O–H groups in total. The molecule has 3 aromatic heterocycles. The number of hydrogen-bond donors (Lipinski definition) is 1. The van der Waals surface area contributed by atoms with Gasteiger partial charge in [0.15, 0.2) is 5.78 Å². The molecular weight excluding hydrogens is 1200 g/mol. The van der Waals surface area contributed by atoms with Gasteiger partial charge in [-0.1, -0.05) is 97.7 Å². The van der Waals surface area contributed by atoms with E-state index in [1.54, 1.807) is 0 Å². The Kier molecular flexibility index (Phi) is 33.4. The minimum atomic E-state index is -0.417. The Bertz CT molecular complexity index is 2170. The number of aryl methyl sites for hydroxylation is 9. The van der Waals surface area contributed by atoms with E-state index in [0.717, 1.165) is 50.9 Å². The van der Waals surface area contributed by atoms with Crippen molar-refractivity contribution in [2.75, 3.05) is 0 Å². The van der Waals surface area contributed by atoms with Crippen molar-refractivity contribution in [2.45, 2.75) is 104 Å². The minimum Gasteiger partial charge on any atom is -1.00 e. The number of benzene rings is 3. The van der Waals surface area contributed by atoms with E-state index in [2.05, 4.69) is 133 Å². The van der Waals surface area contributed by atoms with E-state index >= 15 is 0 Å². The molecule has 0 fully saturated rings. The minimum absolute atomic E-state index is 0. The molecule has 6 aromatic rings. The summed E-state index contributed by atoms with van der Waals surface area (Å²) in [5, 5.41) is 18.0. The van der Waals surface area contributed by atoms with Gasteiger partial charge in [-0.25, -0.2) is 17.7 Å². The van der Waals surface area contributed by atoms with E-state index < -0.39 is 5.41 Å². The fraction of sp³-hybridized carbons (Fsp3) is 0.315. The van der Waals surface area contributed by atoms with Crippen molar-refractivity contribution in [2.24, 2.45) is 10.8 Å². The summed E-state index contributed by atoms with van der Waals surface area (Å²) in [4.78, 5) is 36.3. The predicted octanol–water partition coefficient (Wildman–Crippen LogP) is 6.06. The van der Waals surface area contributed by atoms with Crippen LogP contribution in [0.15, 0.2) is 103 Å². The van der Waals surface area contributed by atoms with Crippen LogP contribution in [-0.2, 0) is 54.7 Å². The summed E-state index contributed by atoms with van der Waals surface area (Å²) in [5.74, 6) is 0.104. The monoisotopic (exact) mass is 1270 g/mol. The summed E-state index contributed by atoms with van der Waals surface area (Å²) >= 11 is 0. The summed E-state index contributed by atoms with van der Waals surface area (Å²) in [6.07, 6.45) is 1.33.